The zero-order valence-corrected chi connectivity index (χ0v) is 9.11. The summed E-state index contributed by atoms with van der Waals surface area (Å²) >= 11 is 1.02. The van der Waals surface area contributed by atoms with Crippen LogP contribution in [0.1, 0.15) is 16.2 Å². The normalized spacial score (nSPS) is 19.8. The van der Waals surface area contributed by atoms with Crippen LogP contribution in [0.4, 0.5) is 5.13 Å². The minimum Gasteiger partial charge on any atom is -0.391 e. The van der Waals surface area contributed by atoms with Crippen LogP contribution in [0, 0.1) is 0 Å². The smallest absolute Gasteiger partial charge is 0.284 e. The summed E-state index contributed by atoms with van der Waals surface area (Å²) in [5.74, 6) is -0.256. The SMILES string of the molecule is O=CNc1nnc(C(=O)N2CCC(O)C2)s1. The second-order valence-corrected chi connectivity index (χ2v) is 4.35. The number of β-amino-alcohol motifs (C(OH)–C–C–N with tert-alkyl or cyclic N) is 1. The summed E-state index contributed by atoms with van der Waals surface area (Å²) in [5.41, 5.74) is 0. The summed E-state index contributed by atoms with van der Waals surface area (Å²) in [7, 11) is 0. The van der Waals surface area contributed by atoms with Crippen molar-refractivity contribution in [1.82, 2.24) is 15.1 Å². The number of anilines is 1. The molecule has 2 heterocycles. The largest absolute Gasteiger partial charge is 0.391 e. The van der Waals surface area contributed by atoms with Crippen LogP contribution in [0.15, 0.2) is 0 Å². The fourth-order valence-corrected chi connectivity index (χ4v) is 2.15. The number of carbonyl (C=O) groups excluding carboxylic acids is 2. The van der Waals surface area contributed by atoms with Crippen LogP contribution in [0.3, 0.4) is 0 Å². The number of likely N-dealkylation sites (tertiary alicyclic amines) is 1. The van der Waals surface area contributed by atoms with Crippen LogP contribution >= 0.6 is 11.3 Å². The Morgan fingerprint density at radius 3 is 3.06 bits per heavy atom. The molecule has 16 heavy (non-hydrogen) atoms. The maximum absolute atomic E-state index is 11.8. The van der Waals surface area contributed by atoms with Gasteiger partial charge in [-0.2, -0.15) is 0 Å². The van der Waals surface area contributed by atoms with Gasteiger partial charge in [0.05, 0.1) is 6.10 Å². The molecular weight excluding hydrogens is 232 g/mol. The molecule has 0 aromatic carbocycles. The van der Waals surface area contributed by atoms with Crippen molar-refractivity contribution < 1.29 is 14.7 Å². The molecule has 2 amide bonds. The first-order chi connectivity index (χ1) is 7.70. The van der Waals surface area contributed by atoms with Crippen molar-refractivity contribution in [3.05, 3.63) is 5.01 Å². The molecule has 1 saturated heterocycles. The molecule has 86 valence electrons. The van der Waals surface area contributed by atoms with E-state index in [4.69, 9.17) is 0 Å². The van der Waals surface area contributed by atoms with Gasteiger partial charge in [-0.25, -0.2) is 0 Å². The Balaban J connectivity index is 2.05. The molecule has 1 fully saturated rings. The highest BCUT2D eigenvalue weighted by Gasteiger charge is 2.27. The number of aliphatic hydroxyl groups excluding tert-OH is 1. The topological polar surface area (TPSA) is 95.4 Å². The minimum absolute atomic E-state index is 0.221. The van der Waals surface area contributed by atoms with Crippen LogP contribution in [0.5, 0.6) is 0 Å². The molecule has 0 bridgehead atoms. The second kappa shape index (κ2) is 4.54. The van der Waals surface area contributed by atoms with Gasteiger partial charge in [-0.3, -0.25) is 9.59 Å². The van der Waals surface area contributed by atoms with Crippen LogP contribution in [0.25, 0.3) is 0 Å². The first kappa shape index (κ1) is 11.0. The standard InChI is InChI=1S/C8H10N4O3S/c13-4-9-8-11-10-6(16-8)7(15)12-2-1-5(14)3-12/h4-5,14H,1-3H2,(H,9,11,13). The third-order valence-corrected chi connectivity index (χ3v) is 3.08. The Morgan fingerprint density at radius 1 is 1.62 bits per heavy atom. The fourth-order valence-electron chi connectivity index (χ4n) is 1.48. The van der Waals surface area contributed by atoms with E-state index in [9.17, 15) is 14.7 Å². The number of aromatic nitrogens is 2. The van der Waals surface area contributed by atoms with Gasteiger partial charge in [0.15, 0.2) is 0 Å². The van der Waals surface area contributed by atoms with E-state index in [-0.39, 0.29) is 16.0 Å². The Morgan fingerprint density at radius 2 is 2.44 bits per heavy atom. The van der Waals surface area contributed by atoms with Gasteiger partial charge in [0.2, 0.25) is 16.5 Å². The molecule has 2 rings (SSSR count). The molecule has 0 aliphatic carbocycles. The zero-order valence-electron chi connectivity index (χ0n) is 8.29. The molecule has 2 N–H and O–H groups in total. The van der Waals surface area contributed by atoms with Crippen molar-refractivity contribution in [2.45, 2.75) is 12.5 Å². The number of nitrogens with one attached hydrogen (secondary N) is 1. The first-order valence-electron chi connectivity index (χ1n) is 4.71. The molecule has 8 heteroatoms. The number of rotatable bonds is 3. The van der Waals surface area contributed by atoms with Crippen LogP contribution in [-0.4, -0.2) is 51.7 Å². The summed E-state index contributed by atoms with van der Waals surface area (Å²) in [4.78, 5) is 23.5. The summed E-state index contributed by atoms with van der Waals surface area (Å²) < 4.78 is 0. The van der Waals surface area contributed by atoms with E-state index >= 15 is 0 Å². The summed E-state index contributed by atoms with van der Waals surface area (Å²) in [6.45, 7) is 0.852. The van der Waals surface area contributed by atoms with Gasteiger partial charge in [-0.05, 0) is 6.42 Å². The molecule has 1 atom stereocenters. The summed E-state index contributed by atoms with van der Waals surface area (Å²) in [6, 6.07) is 0. The van der Waals surface area contributed by atoms with Crippen LogP contribution in [0.2, 0.25) is 0 Å². The van der Waals surface area contributed by atoms with Crippen molar-refractivity contribution in [1.29, 1.82) is 0 Å². The van der Waals surface area contributed by atoms with Gasteiger partial charge < -0.3 is 15.3 Å². The lowest BCUT2D eigenvalue weighted by molar-refractivity contribution is -0.105. The molecule has 1 aromatic rings. The molecular formula is C8H10N4O3S. The molecule has 1 aliphatic rings. The van der Waals surface area contributed by atoms with Crippen molar-refractivity contribution in [3.63, 3.8) is 0 Å². The lowest BCUT2D eigenvalue weighted by Gasteiger charge is -2.12. The van der Waals surface area contributed by atoms with Gasteiger partial charge in [-0.1, -0.05) is 11.3 Å². The number of aliphatic hydroxyl groups is 1. The lowest BCUT2D eigenvalue weighted by atomic mass is 10.3. The predicted molar refractivity (Wildman–Crippen MR) is 56.1 cm³/mol. The average Bonchev–Trinajstić information content (AvgIpc) is 2.87. The summed E-state index contributed by atoms with van der Waals surface area (Å²) in [5, 5.41) is 19.4. The number of hydrogen-bond acceptors (Lipinski definition) is 6. The van der Waals surface area contributed by atoms with E-state index in [0.717, 1.165) is 11.3 Å². The minimum atomic E-state index is -0.454. The zero-order chi connectivity index (χ0) is 11.5. The van der Waals surface area contributed by atoms with E-state index in [0.29, 0.717) is 25.9 Å². The van der Waals surface area contributed by atoms with E-state index < -0.39 is 6.10 Å². The number of carbonyl (C=O) groups is 2. The summed E-state index contributed by atoms with van der Waals surface area (Å²) in [6.07, 6.45) is 0.614. The third-order valence-electron chi connectivity index (χ3n) is 2.24. The van der Waals surface area contributed by atoms with E-state index in [1.165, 1.54) is 4.90 Å². The maximum Gasteiger partial charge on any atom is 0.284 e. The maximum atomic E-state index is 11.8. The van der Waals surface area contributed by atoms with Crippen molar-refractivity contribution in [3.8, 4) is 0 Å². The molecule has 1 aliphatic heterocycles. The monoisotopic (exact) mass is 242 g/mol. The number of amides is 2. The molecule has 1 aromatic heterocycles. The average molecular weight is 242 g/mol. The predicted octanol–water partition coefficient (Wildman–Crippen LogP) is -0.687. The third kappa shape index (κ3) is 2.17. The van der Waals surface area contributed by atoms with Gasteiger partial charge in [0, 0.05) is 13.1 Å². The highest BCUT2D eigenvalue weighted by Crippen LogP contribution is 2.18. The van der Waals surface area contributed by atoms with Gasteiger partial charge in [-0.15, -0.1) is 10.2 Å². The quantitative estimate of drug-likeness (QED) is 0.684. The molecule has 0 saturated carbocycles. The van der Waals surface area contributed by atoms with Crippen molar-refractivity contribution in [2.24, 2.45) is 0 Å². The Hall–Kier alpha value is -1.54. The molecule has 7 nitrogen and oxygen atoms in total. The Bertz CT molecular complexity index is 408. The van der Waals surface area contributed by atoms with Crippen molar-refractivity contribution in [2.75, 3.05) is 18.4 Å². The van der Waals surface area contributed by atoms with Gasteiger partial charge >= 0.3 is 0 Å². The highest BCUT2D eigenvalue weighted by molar-refractivity contribution is 7.17. The van der Waals surface area contributed by atoms with Crippen molar-refractivity contribution >= 4 is 28.8 Å². The fraction of sp³-hybridized carbons (Fsp3) is 0.500. The molecule has 0 radical (unpaired) electrons. The number of nitrogens with zero attached hydrogens (tertiary/aromatic N) is 3. The Kier molecular flexibility index (Phi) is 3.11. The highest BCUT2D eigenvalue weighted by atomic mass is 32.1. The van der Waals surface area contributed by atoms with E-state index in [2.05, 4.69) is 15.5 Å². The lowest BCUT2D eigenvalue weighted by Crippen LogP contribution is -2.29. The van der Waals surface area contributed by atoms with Gasteiger partial charge in [0.25, 0.3) is 5.91 Å². The Labute approximate surface area is 95.1 Å². The molecule has 1 unspecified atom stereocenters. The second-order valence-electron chi connectivity index (χ2n) is 3.37. The van der Waals surface area contributed by atoms with E-state index in [1.54, 1.807) is 0 Å². The number of hydrogen-bond donors (Lipinski definition) is 2. The molecule has 0 spiro atoms. The van der Waals surface area contributed by atoms with E-state index in [1.807, 2.05) is 0 Å². The van der Waals surface area contributed by atoms with Gasteiger partial charge in [0.1, 0.15) is 0 Å². The van der Waals surface area contributed by atoms with Crippen LogP contribution < -0.4 is 5.32 Å². The first-order valence-corrected chi connectivity index (χ1v) is 5.53. The van der Waals surface area contributed by atoms with Crippen LogP contribution in [-0.2, 0) is 4.79 Å².